The van der Waals surface area contributed by atoms with E-state index in [-0.39, 0.29) is 12.2 Å². The number of rotatable bonds is 3. The van der Waals surface area contributed by atoms with Crippen LogP contribution in [0.3, 0.4) is 0 Å². The summed E-state index contributed by atoms with van der Waals surface area (Å²) in [6.45, 7) is 0. The standard InChI is InChI=1S/C14H15NO3/c1-18-14(17)12(15)8-11-10-5-3-2-4-9(10)6-7-13(11)16/h2-7,12,16H,8,15H2,1H3/t12-/m1/s1. The quantitative estimate of drug-likeness (QED) is 0.805. The van der Waals surface area contributed by atoms with Gasteiger partial charge in [-0.15, -0.1) is 0 Å². The molecule has 0 saturated carbocycles. The monoisotopic (exact) mass is 245 g/mol. The molecule has 1 atom stereocenters. The van der Waals surface area contributed by atoms with Crippen LogP contribution >= 0.6 is 0 Å². The Hall–Kier alpha value is -2.07. The molecule has 0 spiro atoms. The van der Waals surface area contributed by atoms with E-state index in [0.29, 0.717) is 5.56 Å². The number of phenols is 1. The van der Waals surface area contributed by atoms with Gasteiger partial charge in [0.2, 0.25) is 0 Å². The second kappa shape index (κ2) is 5.06. The molecule has 0 aliphatic carbocycles. The summed E-state index contributed by atoms with van der Waals surface area (Å²) in [5.41, 5.74) is 6.41. The average Bonchev–Trinajstić information content (AvgIpc) is 2.41. The highest BCUT2D eigenvalue weighted by atomic mass is 16.5. The molecule has 0 aliphatic rings. The Balaban J connectivity index is 2.43. The Kier molecular flexibility index (Phi) is 3.48. The predicted molar refractivity (Wildman–Crippen MR) is 69.3 cm³/mol. The van der Waals surface area contributed by atoms with Crippen molar-refractivity contribution in [2.24, 2.45) is 5.73 Å². The Labute approximate surface area is 105 Å². The first-order valence-electron chi connectivity index (χ1n) is 5.66. The molecule has 0 aliphatic heterocycles. The predicted octanol–water partition coefficient (Wildman–Crippen LogP) is 1.59. The first-order chi connectivity index (χ1) is 8.63. The Morgan fingerprint density at radius 1 is 1.33 bits per heavy atom. The Morgan fingerprint density at radius 3 is 2.78 bits per heavy atom. The number of nitrogens with two attached hydrogens (primary N) is 1. The highest BCUT2D eigenvalue weighted by Crippen LogP contribution is 2.28. The summed E-state index contributed by atoms with van der Waals surface area (Å²) in [5, 5.41) is 11.8. The second-order valence-electron chi connectivity index (χ2n) is 4.12. The van der Waals surface area contributed by atoms with Crippen LogP contribution in [0, 0.1) is 0 Å². The molecule has 4 heteroatoms. The number of esters is 1. The molecule has 0 unspecified atom stereocenters. The summed E-state index contributed by atoms with van der Waals surface area (Å²) in [5.74, 6) is -0.338. The summed E-state index contributed by atoms with van der Waals surface area (Å²) in [4.78, 5) is 11.3. The van der Waals surface area contributed by atoms with E-state index in [0.717, 1.165) is 10.8 Å². The third kappa shape index (κ3) is 2.28. The van der Waals surface area contributed by atoms with E-state index in [1.807, 2.05) is 30.3 Å². The zero-order chi connectivity index (χ0) is 13.1. The lowest BCUT2D eigenvalue weighted by molar-refractivity contribution is -0.142. The molecule has 4 nitrogen and oxygen atoms in total. The number of hydrogen-bond donors (Lipinski definition) is 2. The summed E-state index contributed by atoms with van der Waals surface area (Å²) < 4.78 is 4.59. The van der Waals surface area contributed by atoms with E-state index < -0.39 is 12.0 Å². The molecule has 0 heterocycles. The van der Waals surface area contributed by atoms with Gasteiger partial charge in [-0.25, -0.2) is 0 Å². The molecule has 94 valence electrons. The first kappa shape index (κ1) is 12.4. The van der Waals surface area contributed by atoms with Crippen LogP contribution in [-0.2, 0) is 16.0 Å². The number of aromatic hydroxyl groups is 1. The maximum absolute atomic E-state index is 11.3. The van der Waals surface area contributed by atoms with Crippen LogP contribution in [0.5, 0.6) is 5.75 Å². The molecule has 0 aromatic heterocycles. The van der Waals surface area contributed by atoms with Crippen molar-refractivity contribution >= 4 is 16.7 Å². The Morgan fingerprint density at radius 2 is 2.06 bits per heavy atom. The molecule has 18 heavy (non-hydrogen) atoms. The number of ether oxygens (including phenoxy) is 1. The molecule has 0 fully saturated rings. The van der Waals surface area contributed by atoms with Crippen LogP contribution in [0.2, 0.25) is 0 Å². The minimum atomic E-state index is -0.772. The molecule has 0 saturated heterocycles. The zero-order valence-corrected chi connectivity index (χ0v) is 10.1. The van der Waals surface area contributed by atoms with Gasteiger partial charge in [-0.1, -0.05) is 30.3 Å². The van der Waals surface area contributed by atoms with Crippen molar-refractivity contribution in [2.75, 3.05) is 7.11 Å². The highest BCUT2D eigenvalue weighted by Gasteiger charge is 2.17. The van der Waals surface area contributed by atoms with Gasteiger partial charge in [0, 0.05) is 12.0 Å². The number of methoxy groups -OCH3 is 1. The van der Waals surface area contributed by atoms with Gasteiger partial charge < -0.3 is 15.6 Å². The number of carbonyl (C=O) groups excluding carboxylic acids is 1. The summed E-state index contributed by atoms with van der Waals surface area (Å²) >= 11 is 0. The third-order valence-corrected chi connectivity index (χ3v) is 2.94. The lowest BCUT2D eigenvalue weighted by atomic mass is 9.98. The van der Waals surface area contributed by atoms with E-state index in [1.165, 1.54) is 7.11 Å². The maximum atomic E-state index is 11.3. The van der Waals surface area contributed by atoms with Crippen LogP contribution in [0.4, 0.5) is 0 Å². The smallest absolute Gasteiger partial charge is 0.322 e. The molecule has 2 aromatic rings. The number of carbonyl (C=O) groups is 1. The van der Waals surface area contributed by atoms with E-state index in [2.05, 4.69) is 4.74 Å². The average molecular weight is 245 g/mol. The maximum Gasteiger partial charge on any atom is 0.322 e. The number of phenolic OH excluding ortho intramolecular Hbond substituents is 1. The van der Waals surface area contributed by atoms with Crippen molar-refractivity contribution in [1.82, 2.24) is 0 Å². The summed E-state index contributed by atoms with van der Waals surface area (Å²) in [7, 11) is 1.30. The summed E-state index contributed by atoms with van der Waals surface area (Å²) in [6.07, 6.45) is 0.250. The van der Waals surface area contributed by atoms with Crippen molar-refractivity contribution in [3.05, 3.63) is 42.0 Å². The number of fused-ring (bicyclic) bond motifs is 1. The molecule has 3 N–H and O–H groups in total. The van der Waals surface area contributed by atoms with Crippen molar-refractivity contribution < 1.29 is 14.6 Å². The first-order valence-corrected chi connectivity index (χ1v) is 5.66. The SMILES string of the molecule is COC(=O)[C@H](N)Cc1c(O)ccc2ccccc12. The molecular formula is C14H15NO3. The topological polar surface area (TPSA) is 72.5 Å². The van der Waals surface area contributed by atoms with Gasteiger partial charge in [0.25, 0.3) is 0 Å². The summed E-state index contributed by atoms with van der Waals surface area (Å²) in [6, 6.07) is 10.3. The van der Waals surface area contributed by atoms with Crippen molar-refractivity contribution in [2.45, 2.75) is 12.5 Å². The minimum Gasteiger partial charge on any atom is -0.508 e. The second-order valence-corrected chi connectivity index (χ2v) is 4.12. The molecule has 2 aromatic carbocycles. The van der Waals surface area contributed by atoms with E-state index >= 15 is 0 Å². The van der Waals surface area contributed by atoms with Gasteiger partial charge in [0.15, 0.2) is 0 Å². The third-order valence-electron chi connectivity index (χ3n) is 2.94. The fraction of sp³-hybridized carbons (Fsp3) is 0.214. The van der Waals surface area contributed by atoms with E-state index in [1.54, 1.807) is 6.07 Å². The molecular weight excluding hydrogens is 230 g/mol. The normalized spacial score (nSPS) is 12.3. The fourth-order valence-corrected chi connectivity index (χ4v) is 1.99. The molecule has 0 radical (unpaired) electrons. The van der Waals surface area contributed by atoms with Crippen LogP contribution in [-0.4, -0.2) is 24.2 Å². The van der Waals surface area contributed by atoms with E-state index in [9.17, 15) is 9.90 Å². The van der Waals surface area contributed by atoms with Crippen molar-refractivity contribution in [1.29, 1.82) is 0 Å². The number of hydrogen-bond acceptors (Lipinski definition) is 4. The van der Waals surface area contributed by atoms with Crippen LogP contribution in [0.1, 0.15) is 5.56 Å². The molecule has 2 rings (SSSR count). The van der Waals surface area contributed by atoms with Gasteiger partial charge in [0.1, 0.15) is 11.8 Å². The number of benzene rings is 2. The largest absolute Gasteiger partial charge is 0.508 e. The van der Waals surface area contributed by atoms with Gasteiger partial charge in [0.05, 0.1) is 7.11 Å². The lowest BCUT2D eigenvalue weighted by Gasteiger charge is -2.13. The molecule has 0 bridgehead atoms. The van der Waals surface area contributed by atoms with Gasteiger partial charge in [-0.05, 0) is 16.8 Å². The van der Waals surface area contributed by atoms with Gasteiger partial charge in [-0.2, -0.15) is 0 Å². The van der Waals surface area contributed by atoms with Crippen LogP contribution < -0.4 is 5.73 Å². The van der Waals surface area contributed by atoms with Gasteiger partial charge >= 0.3 is 5.97 Å². The van der Waals surface area contributed by atoms with Crippen LogP contribution in [0.25, 0.3) is 10.8 Å². The van der Waals surface area contributed by atoms with Crippen molar-refractivity contribution in [3.8, 4) is 5.75 Å². The molecule has 0 amide bonds. The Bertz CT molecular complexity index is 580. The van der Waals surface area contributed by atoms with Gasteiger partial charge in [-0.3, -0.25) is 4.79 Å². The zero-order valence-electron chi connectivity index (χ0n) is 10.1. The minimum absolute atomic E-state index is 0.146. The van der Waals surface area contributed by atoms with E-state index in [4.69, 9.17) is 5.73 Å². The fourth-order valence-electron chi connectivity index (χ4n) is 1.99. The highest BCUT2D eigenvalue weighted by molar-refractivity contribution is 5.88. The lowest BCUT2D eigenvalue weighted by Crippen LogP contribution is -2.33. The van der Waals surface area contributed by atoms with Crippen LogP contribution in [0.15, 0.2) is 36.4 Å². The van der Waals surface area contributed by atoms with Crippen molar-refractivity contribution in [3.63, 3.8) is 0 Å².